The van der Waals surface area contributed by atoms with Gasteiger partial charge in [-0.1, -0.05) is 0 Å². The number of hydrogen-bond donors (Lipinski definition) is 1. The summed E-state index contributed by atoms with van der Waals surface area (Å²) in [6, 6.07) is 2.32. The van der Waals surface area contributed by atoms with Gasteiger partial charge in [0.1, 0.15) is 0 Å². The summed E-state index contributed by atoms with van der Waals surface area (Å²) in [7, 11) is 0. The molecule has 0 aromatic heterocycles. The van der Waals surface area contributed by atoms with Crippen molar-refractivity contribution in [2.75, 3.05) is 19.7 Å². The van der Waals surface area contributed by atoms with Crippen LogP contribution in [-0.2, 0) is 4.74 Å². The van der Waals surface area contributed by atoms with E-state index in [9.17, 15) is 0 Å². The zero-order valence-corrected chi connectivity index (χ0v) is 10.6. The van der Waals surface area contributed by atoms with Crippen LogP contribution >= 0.6 is 0 Å². The quantitative estimate of drug-likeness (QED) is 0.705. The molecule has 1 aliphatic heterocycles. The van der Waals surface area contributed by atoms with E-state index in [2.05, 4.69) is 11.4 Å². The molecule has 92 valence electrons. The largest absolute Gasteiger partial charge is 0.378 e. The number of hydrogen-bond acceptors (Lipinski definition) is 3. The standard InChI is InChI=1S/C13H24N2O/c1-13(2,11-14)7-9-15-8-6-12-5-3-4-10-16-12/h12,15H,3-10H2,1-2H3. The maximum atomic E-state index is 8.86. The molecule has 0 amide bonds. The van der Waals surface area contributed by atoms with Crippen LogP contribution in [0.3, 0.4) is 0 Å². The first-order chi connectivity index (χ1) is 7.64. The molecule has 1 aliphatic rings. The van der Waals surface area contributed by atoms with Crippen LogP contribution in [0, 0.1) is 16.7 Å². The van der Waals surface area contributed by atoms with E-state index in [1.807, 2.05) is 13.8 Å². The molecule has 0 bridgehead atoms. The molecule has 1 atom stereocenters. The second-order valence-corrected chi connectivity index (χ2v) is 5.27. The molecule has 1 heterocycles. The molecule has 1 N–H and O–H groups in total. The number of nitriles is 1. The molecular formula is C13H24N2O. The predicted octanol–water partition coefficient (Wildman–Crippen LogP) is 2.48. The normalized spacial score (nSPS) is 21.7. The van der Waals surface area contributed by atoms with Crippen LogP contribution in [0.2, 0.25) is 0 Å². The van der Waals surface area contributed by atoms with Gasteiger partial charge in [-0.3, -0.25) is 0 Å². The zero-order chi connectivity index (χ0) is 11.9. The molecule has 0 saturated carbocycles. The van der Waals surface area contributed by atoms with Gasteiger partial charge in [0, 0.05) is 6.61 Å². The second kappa shape index (κ2) is 6.88. The summed E-state index contributed by atoms with van der Waals surface area (Å²) in [6.07, 6.45) is 6.23. The van der Waals surface area contributed by atoms with E-state index in [-0.39, 0.29) is 5.41 Å². The highest BCUT2D eigenvalue weighted by molar-refractivity contribution is 4.91. The summed E-state index contributed by atoms with van der Waals surface area (Å²) in [6.45, 7) is 6.84. The first-order valence-electron chi connectivity index (χ1n) is 6.38. The van der Waals surface area contributed by atoms with Crippen LogP contribution in [0.25, 0.3) is 0 Å². The van der Waals surface area contributed by atoms with Gasteiger partial charge in [-0.05, 0) is 59.0 Å². The lowest BCUT2D eigenvalue weighted by Gasteiger charge is -2.22. The molecule has 16 heavy (non-hydrogen) atoms. The Bertz CT molecular complexity index is 227. The predicted molar refractivity (Wildman–Crippen MR) is 65.1 cm³/mol. The molecule has 1 unspecified atom stereocenters. The third-order valence-electron chi connectivity index (χ3n) is 3.15. The van der Waals surface area contributed by atoms with Gasteiger partial charge in [-0.25, -0.2) is 0 Å². The van der Waals surface area contributed by atoms with Gasteiger partial charge in [0.15, 0.2) is 0 Å². The molecular weight excluding hydrogens is 200 g/mol. The molecule has 1 saturated heterocycles. The lowest BCUT2D eigenvalue weighted by molar-refractivity contribution is 0.0115. The van der Waals surface area contributed by atoms with Crippen molar-refractivity contribution in [2.45, 2.75) is 52.1 Å². The van der Waals surface area contributed by atoms with Gasteiger partial charge < -0.3 is 10.1 Å². The van der Waals surface area contributed by atoms with Crippen LogP contribution in [0.4, 0.5) is 0 Å². The average Bonchev–Trinajstić information content (AvgIpc) is 2.30. The summed E-state index contributed by atoms with van der Waals surface area (Å²) in [4.78, 5) is 0. The summed E-state index contributed by atoms with van der Waals surface area (Å²) >= 11 is 0. The molecule has 0 aliphatic carbocycles. The SMILES string of the molecule is CC(C)(C#N)CCNCCC1CCCCO1. The molecule has 1 rings (SSSR count). The van der Waals surface area contributed by atoms with Crippen molar-refractivity contribution in [3.63, 3.8) is 0 Å². The molecule has 1 fully saturated rings. The Morgan fingerprint density at radius 2 is 2.19 bits per heavy atom. The molecule has 0 spiro atoms. The average molecular weight is 224 g/mol. The number of rotatable bonds is 6. The Hall–Kier alpha value is -0.590. The first-order valence-corrected chi connectivity index (χ1v) is 6.38. The van der Waals surface area contributed by atoms with Crippen LogP contribution in [0.1, 0.15) is 46.0 Å². The van der Waals surface area contributed by atoms with Crippen molar-refractivity contribution in [3.8, 4) is 6.07 Å². The third kappa shape index (κ3) is 5.48. The fourth-order valence-electron chi connectivity index (χ4n) is 1.88. The summed E-state index contributed by atoms with van der Waals surface area (Å²) in [5, 5.41) is 12.2. The maximum Gasteiger partial charge on any atom is 0.0684 e. The lowest BCUT2D eigenvalue weighted by atomic mass is 9.91. The minimum Gasteiger partial charge on any atom is -0.378 e. The molecule has 3 heteroatoms. The highest BCUT2D eigenvalue weighted by Gasteiger charge is 2.16. The summed E-state index contributed by atoms with van der Waals surface area (Å²) < 4.78 is 5.65. The second-order valence-electron chi connectivity index (χ2n) is 5.27. The van der Waals surface area contributed by atoms with Crippen molar-refractivity contribution in [1.29, 1.82) is 5.26 Å². The first kappa shape index (κ1) is 13.5. The minimum atomic E-state index is -0.200. The number of nitrogens with one attached hydrogen (secondary N) is 1. The van der Waals surface area contributed by atoms with E-state index in [1.54, 1.807) is 0 Å². The van der Waals surface area contributed by atoms with Gasteiger partial charge in [-0.2, -0.15) is 5.26 Å². The Morgan fingerprint density at radius 3 is 2.81 bits per heavy atom. The Kier molecular flexibility index (Phi) is 5.79. The molecule has 3 nitrogen and oxygen atoms in total. The Balaban J connectivity index is 1.97. The fraction of sp³-hybridized carbons (Fsp3) is 0.923. The summed E-state index contributed by atoms with van der Waals surface area (Å²) in [5.41, 5.74) is -0.200. The van der Waals surface area contributed by atoms with E-state index in [1.165, 1.54) is 19.3 Å². The van der Waals surface area contributed by atoms with E-state index in [4.69, 9.17) is 10.00 Å². The Morgan fingerprint density at radius 1 is 1.38 bits per heavy atom. The number of nitrogens with zero attached hydrogens (tertiary/aromatic N) is 1. The smallest absolute Gasteiger partial charge is 0.0684 e. The fourth-order valence-corrected chi connectivity index (χ4v) is 1.88. The van der Waals surface area contributed by atoms with Gasteiger partial charge >= 0.3 is 0 Å². The van der Waals surface area contributed by atoms with Crippen molar-refractivity contribution >= 4 is 0 Å². The molecule has 0 aromatic carbocycles. The van der Waals surface area contributed by atoms with Gasteiger partial charge in [-0.15, -0.1) is 0 Å². The number of ether oxygens (including phenoxy) is 1. The van der Waals surface area contributed by atoms with Crippen molar-refractivity contribution < 1.29 is 4.74 Å². The van der Waals surface area contributed by atoms with E-state index < -0.39 is 0 Å². The highest BCUT2D eigenvalue weighted by atomic mass is 16.5. The third-order valence-corrected chi connectivity index (χ3v) is 3.15. The van der Waals surface area contributed by atoms with Crippen molar-refractivity contribution in [1.82, 2.24) is 5.32 Å². The molecule has 0 radical (unpaired) electrons. The van der Waals surface area contributed by atoms with Crippen LogP contribution < -0.4 is 5.32 Å². The van der Waals surface area contributed by atoms with Crippen LogP contribution in [0.5, 0.6) is 0 Å². The van der Waals surface area contributed by atoms with Gasteiger partial charge in [0.05, 0.1) is 17.6 Å². The van der Waals surface area contributed by atoms with E-state index in [0.717, 1.165) is 32.5 Å². The van der Waals surface area contributed by atoms with Gasteiger partial charge in [0.2, 0.25) is 0 Å². The van der Waals surface area contributed by atoms with E-state index in [0.29, 0.717) is 6.10 Å². The van der Waals surface area contributed by atoms with Crippen LogP contribution in [-0.4, -0.2) is 25.8 Å². The van der Waals surface area contributed by atoms with Crippen LogP contribution in [0.15, 0.2) is 0 Å². The topological polar surface area (TPSA) is 45.0 Å². The van der Waals surface area contributed by atoms with Gasteiger partial charge in [0.25, 0.3) is 0 Å². The summed E-state index contributed by atoms with van der Waals surface area (Å²) in [5.74, 6) is 0. The highest BCUT2D eigenvalue weighted by Crippen LogP contribution is 2.17. The zero-order valence-electron chi connectivity index (χ0n) is 10.6. The van der Waals surface area contributed by atoms with E-state index >= 15 is 0 Å². The lowest BCUT2D eigenvalue weighted by Crippen LogP contribution is -2.27. The minimum absolute atomic E-state index is 0.200. The monoisotopic (exact) mass is 224 g/mol. The van der Waals surface area contributed by atoms with Crippen molar-refractivity contribution in [3.05, 3.63) is 0 Å². The maximum absolute atomic E-state index is 8.86. The van der Waals surface area contributed by atoms with Crippen molar-refractivity contribution in [2.24, 2.45) is 5.41 Å². The Labute approximate surface area is 99.2 Å². The molecule has 0 aromatic rings.